The van der Waals surface area contributed by atoms with Crippen molar-refractivity contribution in [2.45, 2.75) is 18.2 Å². The van der Waals surface area contributed by atoms with Gasteiger partial charge in [0.2, 0.25) is 5.91 Å². The van der Waals surface area contributed by atoms with E-state index in [4.69, 9.17) is 4.74 Å². The largest absolute Gasteiger partial charge is 0.497 e. The molecule has 4 rings (SSSR count). The zero-order valence-electron chi connectivity index (χ0n) is 18.1. The Hall–Kier alpha value is -3.65. The Morgan fingerprint density at radius 1 is 1.00 bits per heavy atom. The number of ether oxygens (including phenoxy) is 1. The lowest BCUT2D eigenvalue weighted by Gasteiger charge is -2.11. The van der Waals surface area contributed by atoms with Gasteiger partial charge in [0.25, 0.3) is 0 Å². The van der Waals surface area contributed by atoms with Gasteiger partial charge in [-0.15, -0.1) is 10.2 Å². The number of methoxy groups -OCH3 is 1. The molecule has 0 bridgehead atoms. The van der Waals surface area contributed by atoms with Crippen LogP contribution in [0.2, 0.25) is 0 Å². The summed E-state index contributed by atoms with van der Waals surface area (Å²) in [6.45, 7) is 0.947. The van der Waals surface area contributed by atoms with Gasteiger partial charge in [-0.05, 0) is 47.5 Å². The summed E-state index contributed by atoms with van der Waals surface area (Å²) in [5.74, 6) is 1.15. The van der Waals surface area contributed by atoms with Crippen molar-refractivity contribution >= 4 is 17.7 Å². The Bertz CT molecular complexity index is 1210. The van der Waals surface area contributed by atoms with Crippen molar-refractivity contribution in [3.8, 4) is 17.1 Å². The quantitative estimate of drug-likeness (QED) is 0.370. The molecule has 0 saturated carbocycles. The molecule has 1 aromatic heterocycles. The van der Waals surface area contributed by atoms with Crippen LogP contribution < -0.4 is 10.1 Å². The molecule has 0 aliphatic rings. The van der Waals surface area contributed by atoms with Crippen LogP contribution in [0.4, 0.5) is 4.39 Å². The fraction of sp³-hybridized carbons (Fsp3) is 0.160. The number of nitrogens with one attached hydrogen (secondary N) is 1. The summed E-state index contributed by atoms with van der Waals surface area (Å²) in [7, 11) is 1.61. The number of hydrogen-bond acceptors (Lipinski definition) is 5. The van der Waals surface area contributed by atoms with Crippen LogP contribution in [0.5, 0.6) is 5.75 Å². The third kappa shape index (κ3) is 5.98. The SMILES string of the molecule is COc1cccc(CNC(=O)CSc2nnc(-c3ccc(F)cc3)n2Cc2ccccc2)c1. The summed E-state index contributed by atoms with van der Waals surface area (Å²) in [6, 6.07) is 23.6. The number of amides is 1. The van der Waals surface area contributed by atoms with E-state index in [1.807, 2.05) is 59.2 Å². The molecule has 0 saturated heterocycles. The summed E-state index contributed by atoms with van der Waals surface area (Å²) in [4.78, 5) is 12.5. The van der Waals surface area contributed by atoms with Crippen LogP contribution in [0.15, 0.2) is 84.0 Å². The maximum Gasteiger partial charge on any atom is 0.230 e. The zero-order valence-corrected chi connectivity index (χ0v) is 18.9. The number of carbonyl (C=O) groups excluding carboxylic acids is 1. The first kappa shape index (κ1) is 22.5. The summed E-state index contributed by atoms with van der Waals surface area (Å²) < 4.78 is 20.6. The lowest BCUT2D eigenvalue weighted by Crippen LogP contribution is -2.24. The maximum atomic E-state index is 13.4. The number of nitrogens with zero attached hydrogens (tertiary/aromatic N) is 3. The minimum atomic E-state index is -0.310. The average molecular weight is 463 g/mol. The lowest BCUT2D eigenvalue weighted by molar-refractivity contribution is -0.118. The molecule has 0 fully saturated rings. The highest BCUT2D eigenvalue weighted by Crippen LogP contribution is 2.25. The zero-order chi connectivity index (χ0) is 23.0. The lowest BCUT2D eigenvalue weighted by atomic mass is 10.2. The highest BCUT2D eigenvalue weighted by Gasteiger charge is 2.16. The van der Waals surface area contributed by atoms with Gasteiger partial charge in [-0.2, -0.15) is 0 Å². The van der Waals surface area contributed by atoms with E-state index >= 15 is 0 Å². The molecule has 4 aromatic rings. The Morgan fingerprint density at radius 2 is 1.76 bits per heavy atom. The van der Waals surface area contributed by atoms with Crippen LogP contribution in [0.3, 0.4) is 0 Å². The third-order valence-electron chi connectivity index (χ3n) is 4.96. The van der Waals surface area contributed by atoms with E-state index in [0.29, 0.717) is 24.1 Å². The van der Waals surface area contributed by atoms with Crippen molar-refractivity contribution in [3.05, 3.63) is 95.8 Å². The van der Waals surface area contributed by atoms with Gasteiger partial charge in [-0.1, -0.05) is 54.2 Å². The van der Waals surface area contributed by atoms with Crippen molar-refractivity contribution in [2.75, 3.05) is 12.9 Å². The van der Waals surface area contributed by atoms with Gasteiger partial charge in [0.1, 0.15) is 11.6 Å². The molecule has 168 valence electrons. The normalized spacial score (nSPS) is 10.7. The highest BCUT2D eigenvalue weighted by atomic mass is 32.2. The monoisotopic (exact) mass is 462 g/mol. The molecule has 3 aromatic carbocycles. The van der Waals surface area contributed by atoms with Gasteiger partial charge < -0.3 is 10.1 Å². The molecule has 0 radical (unpaired) electrons. The van der Waals surface area contributed by atoms with Gasteiger partial charge in [0.15, 0.2) is 11.0 Å². The molecule has 33 heavy (non-hydrogen) atoms. The van der Waals surface area contributed by atoms with E-state index < -0.39 is 0 Å². The number of benzene rings is 3. The molecule has 0 spiro atoms. The average Bonchev–Trinajstić information content (AvgIpc) is 3.25. The Kier molecular flexibility index (Phi) is 7.36. The first-order chi connectivity index (χ1) is 16.1. The standard InChI is InChI=1S/C25H23FN4O2S/c1-32-22-9-5-8-19(14-22)15-27-23(31)17-33-25-29-28-24(20-10-12-21(26)13-11-20)30(25)16-18-6-3-2-4-7-18/h2-14H,15-17H2,1H3,(H,27,31). The molecular formula is C25H23FN4O2S. The summed E-state index contributed by atoms with van der Waals surface area (Å²) in [5.41, 5.74) is 2.79. The van der Waals surface area contributed by atoms with Gasteiger partial charge in [0.05, 0.1) is 19.4 Å². The second-order valence-electron chi connectivity index (χ2n) is 7.30. The molecule has 1 amide bonds. The van der Waals surface area contributed by atoms with E-state index in [0.717, 1.165) is 22.4 Å². The van der Waals surface area contributed by atoms with Crippen molar-refractivity contribution < 1.29 is 13.9 Å². The molecule has 1 N–H and O–H groups in total. The van der Waals surface area contributed by atoms with Crippen LogP contribution in [0, 0.1) is 5.82 Å². The van der Waals surface area contributed by atoms with E-state index in [-0.39, 0.29) is 17.5 Å². The van der Waals surface area contributed by atoms with Gasteiger partial charge in [-0.3, -0.25) is 9.36 Å². The molecule has 0 unspecified atom stereocenters. The predicted molar refractivity (Wildman–Crippen MR) is 127 cm³/mol. The van der Waals surface area contributed by atoms with E-state index in [1.165, 1.54) is 23.9 Å². The number of carbonyl (C=O) groups is 1. The number of hydrogen-bond donors (Lipinski definition) is 1. The van der Waals surface area contributed by atoms with Gasteiger partial charge in [0, 0.05) is 12.1 Å². The first-order valence-corrected chi connectivity index (χ1v) is 11.4. The van der Waals surface area contributed by atoms with Crippen molar-refractivity contribution in [2.24, 2.45) is 0 Å². The molecule has 0 atom stereocenters. The number of aromatic nitrogens is 3. The van der Waals surface area contributed by atoms with E-state index in [2.05, 4.69) is 15.5 Å². The minimum absolute atomic E-state index is 0.111. The molecule has 6 nitrogen and oxygen atoms in total. The predicted octanol–water partition coefficient (Wildman–Crippen LogP) is 4.55. The van der Waals surface area contributed by atoms with Crippen LogP contribution >= 0.6 is 11.8 Å². The topological polar surface area (TPSA) is 69.0 Å². The Morgan fingerprint density at radius 3 is 2.52 bits per heavy atom. The molecule has 0 aliphatic heterocycles. The highest BCUT2D eigenvalue weighted by molar-refractivity contribution is 7.99. The Labute approximate surface area is 195 Å². The van der Waals surface area contributed by atoms with Crippen LogP contribution in [0.1, 0.15) is 11.1 Å². The minimum Gasteiger partial charge on any atom is -0.497 e. The van der Waals surface area contributed by atoms with Crippen molar-refractivity contribution in [3.63, 3.8) is 0 Å². The smallest absolute Gasteiger partial charge is 0.230 e. The summed E-state index contributed by atoms with van der Waals surface area (Å²) in [5, 5.41) is 12.2. The molecule has 0 aliphatic carbocycles. The van der Waals surface area contributed by atoms with Crippen molar-refractivity contribution in [1.29, 1.82) is 0 Å². The van der Waals surface area contributed by atoms with Crippen molar-refractivity contribution in [1.82, 2.24) is 20.1 Å². The van der Waals surface area contributed by atoms with Crippen LogP contribution in [-0.2, 0) is 17.9 Å². The second-order valence-corrected chi connectivity index (χ2v) is 8.24. The third-order valence-corrected chi connectivity index (χ3v) is 5.93. The van der Waals surface area contributed by atoms with E-state index in [9.17, 15) is 9.18 Å². The Balaban J connectivity index is 1.47. The van der Waals surface area contributed by atoms with Crippen LogP contribution in [-0.4, -0.2) is 33.5 Å². The molecule has 1 heterocycles. The number of thioether (sulfide) groups is 1. The fourth-order valence-electron chi connectivity index (χ4n) is 3.28. The maximum absolute atomic E-state index is 13.4. The first-order valence-electron chi connectivity index (χ1n) is 10.4. The van der Waals surface area contributed by atoms with Crippen LogP contribution in [0.25, 0.3) is 11.4 Å². The van der Waals surface area contributed by atoms with E-state index in [1.54, 1.807) is 19.2 Å². The molecule has 8 heteroatoms. The second kappa shape index (κ2) is 10.8. The number of rotatable bonds is 9. The number of halogens is 1. The molecular weight excluding hydrogens is 439 g/mol. The fourth-order valence-corrected chi connectivity index (χ4v) is 4.05. The van der Waals surface area contributed by atoms with Gasteiger partial charge in [-0.25, -0.2) is 4.39 Å². The summed E-state index contributed by atoms with van der Waals surface area (Å²) >= 11 is 1.31. The van der Waals surface area contributed by atoms with Gasteiger partial charge >= 0.3 is 0 Å². The summed E-state index contributed by atoms with van der Waals surface area (Å²) in [6.07, 6.45) is 0.